The van der Waals surface area contributed by atoms with Crippen LogP contribution in [0.5, 0.6) is 0 Å². The number of halogens is 1. The molecule has 0 fully saturated rings. The summed E-state index contributed by atoms with van der Waals surface area (Å²) in [6, 6.07) is 0.403. The summed E-state index contributed by atoms with van der Waals surface area (Å²) in [5.41, 5.74) is 0. The number of nitrogens with one attached hydrogen (secondary N) is 1. The molecule has 4 heteroatoms. The first-order chi connectivity index (χ1) is 5.27. The van der Waals surface area contributed by atoms with Gasteiger partial charge < -0.3 is 5.32 Å². The van der Waals surface area contributed by atoms with E-state index < -0.39 is 0 Å². The maximum atomic E-state index is 5.70. The van der Waals surface area contributed by atoms with Crippen LogP contribution in [-0.2, 0) is 0 Å². The fourth-order valence-corrected chi connectivity index (χ4v) is 2.12. The SMILES string of the molecule is CCC(NC)c1cnc(Cl)s1. The van der Waals surface area contributed by atoms with Crippen molar-refractivity contribution in [1.82, 2.24) is 10.3 Å². The molecule has 0 aliphatic carbocycles. The van der Waals surface area contributed by atoms with Crippen molar-refractivity contribution in [3.8, 4) is 0 Å². The van der Waals surface area contributed by atoms with Gasteiger partial charge in [0, 0.05) is 17.1 Å². The van der Waals surface area contributed by atoms with Gasteiger partial charge in [0.2, 0.25) is 0 Å². The minimum absolute atomic E-state index is 0.403. The highest BCUT2D eigenvalue weighted by Gasteiger charge is 2.08. The van der Waals surface area contributed by atoms with E-state index in [1.807, 2.05) is 13.2 Å². The summed E-state index contributed by atoms with van der Waals surface area (Å²) in [4.78, 5) is 5.19. The average molecular weight is 191 g/mol. The van der Waals surface area contributed by atoms with Gasteiger partial charge in [-0.2, -0.15) is 0 Å². The van der Waals surface area contributed by atoms with Gasteiger partial charge in [-0.05, 0) is 13.5 Å². The zero-order valence-electron chi connectivity index (χ0n) is 6.60. The molecule has 2 nitrogen and oxygen atoms in total. The Labute approximate surface area is 75.6 Å². The van der Waals surface area contributed by atoms with Crippen LogP contribution in [0.2, 0.25) is 4.47 Å². The molecule has 1 rings (SSSR count). The fourth-order valence-electron chi connectivity index (χ4n) is 0.973. The van der Waals surface area contributed by atoms with Crippen molar-refractivity contribution in [2.45, 2.75) is 19.4 Å². The zero-order valence-corrected chi connectivity index (χ0v) is 8.17. The van der Waals surface area contributed by atoms with E-state index in [4.69, 9.17) is 11.6 Å². The van der Waals surface area contributed by atoms with Gasteiger partial charge in [-0.1, -0.05) is 18.5 Å². The Kier molecular flexibility index (Phi) is 3.30. The van der Waals surface area contributed by atoms with E-state index in [1.54, 1.807) is 0 Å². The first kappa shape index (κ1) is 8.97. The lowest BCUT2D eigenvalue weighted by Gasteiger charge is -2.09. The molecule has 11 heavy (non-hydrogen) atoms. The van der Waals surface area contributed by atoms with Crippen molar-refractivity contribution < 1.29 is 0 Å². The lowest BCUT2D eigenvalue weighted by Crippen LogP contribution is -2.13. The maximum absolute atomic E-state index is 5.70. The molecule has 0 amide bonds. The summed E-state index contributed by atoms with van der Waals surface area (Å²) < 4.78 is 0.619. The van der Waals surface area contributed by atoms with Crippen LogP contribution in [0.1, 0.15) is 24.3 Å². The molecule has 1 unspecified atom stereocenters. The van der Waals surface area contributed by atoms with Crippen LogP contribution < -0.4 is 5.32 Å². The number of nitrogens with zero attached hydrogens (tertiary/aromatic N) is 1. The molecule has 1 heterocycles. The second kappa shape index (κ2) is 4.04. The molecule has 62 valence electrons. The first-order valence-corrected chi connectivity index (χ1v) is 4.75. The summed E-state index contributed by atoms with van der Waals surface area (Å²) in [6.45, 7) is 2.13. The Balaban J connectivity index is 2.73. The number of thiazole rings is 1. The van der Waals surface area contributed by atoms with Crippen molar-refractivity contribution in [1.29, 1.82) is 0 Å². The van der Waals surface area contributed by atoms with E-state index >= 15 is 0 Å². The minimum atomic E-state index is 0.403. The van der Waals surface area contributed by atoms with Gasteiger partial charge in [0.05, 0.1) is 0 Å². The van der Waals surface area contributed by atoms with Crippen molar-refractivity contribution in [2.24, 2.45) is 0 Å². The second-order valence-electron chi connectivity index (χ2n) is 2.27. The molecule has 0 spiro atoms. The van der Waals surface area contributed by atoms with Gasteiger partial charge >= 0.3 is 0 Å². The number of hydrogen-bond acceptors (Lipinski definition) is 3. The Morgan fingerprint density at radius 1 is 1.82 bits per heavy atom. The predicted molar refractivity (Wildman–Crippen MR) is 49.2 cm³/mol. The van der Waals surface area contributed by atoms with Gasteiger partial charge in [-0.25, -0.2) is 4.98 Å². The van der Waals surface area contributed by atoms with Crippen LogP contribution in [0.25, 0.3) is 0 Å². The summed E-state index contributed by atoms with van der Waals surface area (Å²) in [6.07, 6.45) is 2.90. The molecule has 0 aromatic carbocycles. The van der Waals surface area contributed by atoms with Crippen molar-refractivity contribution >= 4 is 22.9 Å². The lowest BCUT2D eigenvalue weighted by molar-refractivity contribution is 0.585. The molecule has 1 aromatic heterocycles. The molecule has 0 saturated carbocycles. The third-order valence-corrected chi connectivity index (χ3v) is 2.82. The van der Waals surface area contributed by atoms with Gasteiger partial charge in [0.25, 0.3) is 0 Å². The van der Waals surface area contributed by atoms with E-state index in [9.17, 15) is 0 Å². The molecule has 0 aliphatic rings. The first-order valence-electron chi connectivity index (χ1n) is 3.56. The average Bonchev–Trinajstić information content (AvgIpc) is 2.39. The quantitative estimate of drug-likeness (QED) is 0.792. The zero-order chi connectivity index (χ0) is 8.27. The van der Waals surface area contributed by atoms with Crippen LogP contribution in [0, 0.1) is 0 Å². The molecule has 1 aromatic rings. The molecule has 1 atom stereocenters. The fraction of sp³-hybridized carbons (Fsp3) is 0.571. The van der Waals surface area contributed by atoms with Crippen LogP contribution in [0.15, 0.2) is 6.20 Å². The Hall–Kier alpha value is -0.120. The van der Waals surface area contributed by atoms with E-state index in [0.717, 1.165) is 6.42 Å². The largest absolute Gasteiger partial charge is 0.312 e. The van der Waals surface area contributed by atoms with Gasteiger partial charge in [-0.15, -0.1) is 11.3 Å². The smallest absolute Gasteiger partial charge is 0.183 e. The highest BCUT2D eigenvalue weighted by molar-refractivity contribution is 7.15. The maximum Gasteiger partial charge on any atom is 0.183 e. The standard InChI is InChI=1S/C7H11ClN2S/c1-3-5(9-2)6-4-10-7(8)11-6/h4-5,9H,3H2,1-2H3. The topological polar surface area (TPSA) is 24.9 Å². The molecular formula is C7H11ClN2S. The Bertz CT molecular complexity index is 220. The molecule has 0 bridgehead atoms. The third-order valence-electron chi connectivity index (χ3n) is 1.60. The Morgan fingerprint density at radius 3 is 2.91 bits per heavy atom. The molecule has 1 N–H and O–H groups in total. The number of hydrogen-bond donors (Lipinski definition) is 1. The van der Waals surface area contributed by atoms with Gasteiger partial charge in [-0.3, -0.25) is 0 Å². The van der Waals surface area contributed by atoms with Crippen LogP contribution in [0.4, 0.5) is 0 Å². The number of aromatic nitrogens is 1. The van der Waals surface area contributed by atoms with Crippen molar-refractivity contribution in [3.05, 3.63) is 15.5 Å². The minimum Gasteiger partial charge on any atom is -0.312 e. The second-order valence-corrected chi connectivity index (χ2v) is 3.91. The van der Waals surface area contributed by atoms with Crippen LogP contribution >= 0.6 is 22.9 Å². The molecule has 0 aliphatic heterocycles. The van der Waals surface area contributed by atoms with E-state index in [2.05, 4.69) is 17.2 Å². The van der Waals surface area contributed by atoms with Crippen molar-refractivity contribution in [2.75, 3.05) is 7.05 Å². The number of rotatable bonds is 3. The Morgan fingerprint density at radius 2 is 2.55 bits per heavy atom. The van der Waals surface area contributed by atoms with E-state index in [1.165, 1.54) is 16.2 Å². The summed E-state index contributed by atoms with van der Waals surface area (Å²) in [5, 5.41) is 3.19. The van der Waals surface area contributed by atoms with Crippen LogP contribution in [-0.4, -0.2) is 12.0 Å². The lowest BCUT2D eigenvalue weighted by atomic mass is 10.2. The predicted octanol–water partition coefficient (Wildman–Crippen LogP) is 2.47. The van der Waals surface area contributed by atoms with E-state index in [-0.39, 0.29) is 0 Å². The van der Waals surface area contributed by atoms with Gasteiger partial charge in [0.1, 0.15) is 0 Å². The molecule has 0 saturated heterocycles. The summed E-state index contributed by atoms with van der Waals surface area (Å²) in [7, 11) is 1.95. The summed E-state index contributed by atoms with van der Waals surface area (Å²) in [5.74, 6) is 0. The van der Waals surface area contributed by atoms with Gasteiger partial charge in [0.15, 0.2) is 4.47 Å². The van der Waals surface area contributed by atoms with E-state index in [0.29, 0.717) is 10.5 Å². The third kappa shape index (κ3) is 2.15. The van der Waals surface area contributed by atoms with Crippen molar-refractivity contribution in [3.63, 3.8) is 0 Å². The monoisotopic (exact) mass is 190 g/mol. The normalized spacial score (nSPS) is 13.4. The molecule has 0 radical (unpaired) electrons. The highest BCUT2D eigenvalue weighted by Crippen LogP contribution is 2.25. The van der Waals surface area contributed by atoms with Crippen LogP contribution in [0.3, 0.4) is 0 Å². The molecular weight excluding hydrogens is 180 g/mol. The highest BCUT2D eigenvalue weighted by atomic mass is 35.5. The summed E-state index contributed by atoms with van der Waals surface area (Å²) >= 11 is 7.23.